The molecule has 3 aromatic rings. The average Bonchev–Trinajstić information content (AvgIpc) is 3.03. The van der Waals surface area contributed by atoms with Crippen molar-refractivity contribution in [2.24, 2.45) is 0 Å². The fourth-order valence-electron chi connectivity index (χ4n) is 2.95. The van der Waals surface area contributed by atoms with Gasteiger partial charge in [0.15, 0.2) is 11.5 Å². The molecule has 1 aromatic heterocycles. The number of nitrogens with one attached hydrogen (secondary N) is 2. The Hall–Kier alpha value is -2.17. The van der Waals surface area contributed by atoms with E-state index in [9.17, 15) is 0 Å². The van der Waals surface area contributed by atoms with Gasteiger partial charge in [0.05, 0.1) is 13.7 Å². The van der Waals surface area contributed by atoms with Crippen LogP contribution in [0.1, 0.15) is 18.1 Å². The Morgan fingerprint density at radius 1 is 1.04 bits per heavy atom. The van der Waals surface area contributed by atoms with Crippen LogP contribution < -0.4 is 14.8 Å². The number of hydrogen-bond acceptors (Lipinski definition) is 3. The molecule has 4 nitrogen and oxygen atoms in total. The quantitative estimate of drug-likeness (QED) is 0.588. The molecule has 0 bridgehead atoms. The van der Waals surface area contributed by atoms with Gasteiger partial charge in [-0.2, -0.15) is 0 Å². The second kappa shape index (κ2) is 9.35. The summed E-state index contributed by atoms with van der Waals surface area (Å²) in [5.74, 6) is 1.62. The monoisotopic (exact) mass is 360 g/mol. The molecule has 0 atom stereocenters. The van der Waals surface area contributed by atoms with Gasteiger partial charge in [-0.15, -0.1) is 12.4 Å². The van der Waals surface area contributed by atoms with Crippen molar-refractivity contribution in [1.29, 1.82) is 0 Å². The molecule has 0 fully saturated rings. The second-order valence-corrected chi connectivity index (χ2v) is 5.67. The summed E-state index contributed by atoms with van der Waals surface area (Å²) in [6.45, 7) is 4.28. The van der Waals surface area contributed by atoms with E-state index in [4.69, 9.17) is 9.47 Å². The Morgan fingerprint density at radius 2 is 1.88 bits per heavy atom. The summed E-state index contributed by atoms with van der Waals surface area (Å²) in [4.78, 5) is 3.32. The van der Waals surface area contributed by atoms with Crippen molar-refractivity contribution < 1.29 is 9.47 Å². The number of hydrogen-bond donors (Lipinski definition) is 2. The lowest BCUT2D eigenvalue weighted by atomic mass is 10.1. The third kappa shape index (κ3) is 4.47. The predicted octanol–water partition coefficient (Wildman–Crippen LogP) is 4.33. The summed E-state index contributed by atoms with van der Waals surface area (Å²) >= 11 is 0. The zero-order valence-corrected chi connectivity index (χ0v) is 15.5. The Bertz CT molecular complexity index is 801. The summed E-state index contributed by atoms with van der Waals surface area (Å²) < 4.78 is 11.1. The summed E-state index contributed by atoms with van der Waals surface area (Å²) in [6, 6.07) is 14.4. The number of fused-ring (bicyclic) bond motifs is 1. The van der Waals surface area contributed by atoms with Crippen LogP contribution in [0.15, 0.2) is 48.7 Å². The SMILES string of the molecule is CCOc1c(CNCCc2c[nH]c3ccccc23)cccc1OC.Cl. The molecule has 0 radical (unpaired) electrons. The lowest BCUT2D eigenvalue weighted by Gasteiger charge is -2.14. The first-order valence-electron chi connectivity index (χ1n) is 8.38. The molecule has 134 valence electrons. The maximum atomic E-state index is 5.75. The van der Waals surface area contributed by atoms with Crippen molar-refractivity contribution >= 4 is 23.3 Å². The van der Waals surface area contributed by atoms with Gasteiger partial charge in [0.25, 0.3) is 0 Å². The van der Waals surface area contributed by atoms with E-state index in [0.29, 0.717) is 6.61 Å². The average molecular weight is 361 g/mol. The standard InChI is InChI=1S/C20H24N2O2.ClH/c1-3-24-20-16(7-6-10-19(20)23-2)13-21-12-11-15-14-22-18-9-5-4-8-17(15)18;/h4-10,14,21-22H,3,11-13H2,1-2H3;1H. The molecule has 0 amide bonds. The van der Waals surface area contributed by atoms with E-state index >= 15 is 0 Å². The van der Waals surface area contributed by atoms with Gasteiger partial charge in [-0.3, -0.25) is 0 Å². The molecular formula is C20H25ClN2O2. The van der Waals surface area contributed by atoms with Crippen LogP contribution in [0.4, 0.5) is 0 Å². The summed E-state index contributed by atoms with van der Waals surface area (Å²) in [5.41, 5.74) is 3.66. The summed E-state index contributed by atoms with van der Waals surface area (Å²) in [6.07, 6.45) is 3.08. The normalized spacial score (nSPS) is 10.5. The highest BCUT2D eigenvalue weighted by atomic mass is 35.5. The number of benzene rings is 2. The third-order valence-corrected chi connectivity index (χ3v) is 4.13. The number of ether oxygens (including phenoxy) is 2. The van der Waals surface area contributed by atoms with Gasteiger partial charge >= 0.3 is 0 Å². The molecule has 0 spiro atoms. The highest BCUT2D eigenvalue weighted by molar-refractivity contribution is 5.85. The fraction of sp³-hybridized carbons (Fsp3) is 0.300. The molecule has 0 aliphatic heterocycles. The van der Waals surface area contributed by atoms with E-state index in [-0.39, 0.29) is 12.4 Å². The maximum absolute atomic E-state index is 5.75. The molecule has 2 aromatic carbocycles. The van der Waals surface area contributed by atoms with Crippen molar-refractivity contribution in [1.82, 2.24) is 10.3 Å². The zero-order valence-electron chi connectivity index (χ0n) is 14.7. The van der Waals surface area contributed by atoms with Crippen LogP contribution in [0.5, 0.6) is 11.5 Å². The van der Waals surface area contributed by atoms with Gasteiger partial charge in [-0.25, -0.2) is 0 Å². The van der Waals surface area contributed by atoms with Gasteiger partial charge in [0.1, 0.15) is 0 Å². The van der Waals surface area contributed by atoms with Gasteiger partial charge in [0, 0.05) is 29.2 Å². The predicted molar refractivity (Wildman–Crippen MR) is 105 cm³/mol. The van der Waals surface area contributed by atoms with Crippen LogP contribution in [0.25, 0.3) is 10.9 Å². The topological polar surface area (TPSA) is 46.3 Å². The minimum absolute atomic E-state index is 0. The smallest absolute Gasteiger partial charge is 0.165 e. The molecule has 0 unspecified atom stereocenters. The summed E-state index contributed by atoms with van der Waals surface area (Å²) in [7, 11) is 1.67. The van der Waals surface area contributed by atoms with E-state index in [1.807, 2.05) is 19.1 Å². The number of H-pyrrole nitrogens is 1. The molecule has 3 rings (SSSR count). The lowest BCUT2D eigenvalue weighted by Crippen LogP contribution is -2.17. The molecule has 0 aliphatic rings. The van der Waals surface area contributed by atoms with Gasteiger partial charge in [-0.1, -0.05) is 30.3 Å². The number of aromatic nitrogens is 1. The van der Waals surface area contributed by atoms with E-state index < -0.39 is 0 Å². The first-order chi connectivity index (χ1) is 11.8. The van der Waals surface area contributed by atoms with Crippen molar-refractivity contribution in [3.8, 4) is 11.5 Å². The Morgan fingerprint density at radius 3 is 2.68 bits per heavy atom. The molecule has 0 saturated heterocycles. The van der Waals surface area contributed by atoms with Crippen molar-refractivity contribution in [2.75, 3.05) is 20.3 Å². The van der Waals surface area contributed by atoms with Crippen LogP contribution in [0, 0.1) is 0 Å². The molecule has 25 heavy (non-hydrogen) atoms. The highest BCUT2D eigenvalue weighted by Gasteiger charge is 2.10. The number of halogens is 1. The number of methoxy groups -OCH3 is 1. The summed E-state index contributed by atoms with van der Waals surface area (Å²) in [5, 5.41) is 4.81. The maximum Gasteiger partial charge on any atom is 0.165 e. The van der Waals surface area contributed by atoms with Crippen molar-refractivity contribution in [3.63, 3.8) is 0 Å². The molecule has 0 aliphatic carbocycles. The molecule has 0 saturated carbocycles. The van der Waals surface area contributed by atoms with Crippen molar-refractivity contribution in [2.45, 2.75) is 19.9 Å². The van der Waals surface area contributed by atoms with E-state index in [0.717, 1.165) is 36.6 Å². The Labute approximate surface area is 154 Å². The Balaban J connectivity index is 0.00000225. The molecule has 5 heteroatoms. The van der Waals surface area contributed by atoms with Crippen molar-refractivity contribution in [3.05, 3.63) is 59.8 Å². The third-order valence-electron chi connectivity index (χ3n) is 4.13. The van der Waals surface area contributed by atoms with Crippen LogP contribution in [-0.4, -0.2) is 25.2 Å². The zero-order chi connectivity index (χ0) is 16.8. The van der Waals surface area contributed by atoms with Crippen LogP contribution in [0.3, 0.4) is 0 Å². The second-order valence-electron chi connectivity index (χ2n) is 5.67. The molecule has 2 N–H and O–H groups in total. The van der Waals surface area contributed by atoms with E-state index in [1.165, 1.54) is 16.5 Å². The minimum atomic E-state index is 0. The number of aromatic amines is 1. The van der Waals surface area contributed by atoms with Crippen LogP contribution in [0.2, 0.25) is 0 Å². The van der Waals surface area contributed by atoms with Gasteiger partial charge < -0.3 is 19.8 Å². The van der Waals surface area contributed by atoms with Gasteiger partial charge in [-0.05, 0) is 37.6 Å². The van der Waals surface area contributed by atoms with Gasteiger partial charge in [0.2, 0.25) is 0 Å². The van der Waals surface area contributed by atoms with Crippen LogP contribution in [-0.2, 0) is 13.0 Å². The Kier molecular flexibility index (Phi) is 7.16. The first kappa shape index (κ1) is 19.2. The largest absolute Gasteiger partial charge is 0.493 e. The van der Waals surface area contributed by atoms with E-state index in [2.05, 4.69) is 46.8 Å². The highest BCUT2D eigenvalue weighted by Crippen LogP contribution is 2.31. The molecule has 1 heterocycles. The van der Waals surface area contributed by atoms with E-state index in [1.54, 1.807) is 7.11 Å². The number of para-hydroxylation sites is 2. The molecular weight excluding hydrogens is 336 g/mol. The number of rotatable bonds is 8. The minimum Gasteiger partial charge on any atom is -0.493 e. The van der Waals surface area contributed by atoms with Crippen LogP contribution >= 0.6 is 12.4 Å². The fourth-order valence-corrected chi connectivity index (χ4v) is 2.95. The first-order valence-corrected chi connectivity index (χ1v) is 8.38. The lowest BCUT2D eigenvalue weighted by molar-refractivity contribution is 0.307.